The van der Waals surface area contributed by atoms with Crippen molar-refractivity contribution >= 4 is 0 Å². The van der Waals surface area contributed by atoms with Gasteiger partial charge in [-0.25, -0.2) is 0 Å². The van der Waals surface area contributed by atoms with Crippen LogP contribution in [0.4, 0.5) is 13.2 Å². The third-order valence-electron chi connectivity index (χ3n) is 2.42. The minimum Gasteiger partial charge on any atom is -0.389 e. The van der Waals surface area contributed by atoms with E-state index in [-0.39, 0.29) is 0 Å². The first kappa shape index (κ1) is 14.0. The van der Waals surface area contributed by atoms with Crippen molar-refractivity contribution < 1.29 is 18.3 Å². The smallest absolute Gasteiger partial charge is 0.389 e. The van der Waals surface area contributed by atoms with Crippen LogP contribution < -0.4 is 5.32 Å². The zero-order chi connectivity index (χ0) is 13.1. The van der Waals surface area contributed by atoms with Gasteiger partial charge in [-0.3, -0.25) is 0 Å². The van der Waals surface area contributed by atoms with E-state index in [9.17, 15) is 18.3 Å². The molecule has 17 heavy (non-hydrogen) atoms. The molecule has 0 heterocycles. The summed E-state index contributed by atoms with van der Waals surface area (Å²) in [6.45, 7) is 2.02. The van der Waals surface area contributed by atoms with Gasteiger partial charge in [0, 0.05) is 13.0 Å². The lowest BCUT2D eigenvalue weighted by atomic mass is 9.96. The highest BCUT2D eigenvalue weighted by atomic mass is 19.4. The molecule has 1 aromatic rings. The molecule has 0 aliphatic carbocycles. The second-order valence-electron chi connectivity index (χ2n) is 4.40. The minimum atomic E-state index is -4.31. The van der Waals surface area contributed by atoms with Crippen LogP contribution >= 0.6 is 0 Å². The molecule has 96 valence electrons. The fourth-order valence-electron chi connectivity index (χ4n) is 1.69. The second kappa shape index (κ2) is 5.06. The highest BCUT2D eigenvalue weighted by Crippen LogP contribution is 2.29. The second-order valence-corrected chi connectivity index (χ2v) is 4.40. The summed E-state index contributed by atoms with van der Waals surface area (Å²) in [5, 5.41) is 12.7. The Labute approximate surface area is 98.5 Å². The fraction of sp³-hybridized carbons (Fsp3) is 0.500. The van der Waals surface area contributed by atoms with Crippen LogP contribution in [-0.4, -0.2) is 24.3 Å². The molecule has 1 aromatic carbocycles. The predicted molar refractivity (Wildman–Crippen MR) is 59.7 cm³/mol. The largest absolute Gasteiger partial charge is 0.416 e. The molecule has 0 aliphatic rings. The fourth-order valence-corrected chi connectivity index (χ4v) is 1.69. The van der Waals surface area contributed by atoms with Crippen LogP contribution in [0.5, 0.6) is 0 Å². The van der Waals surface area contributed by atoms with Gasteiger partial charge in [0.15, 0.2) is 0 Å². The summed E-state index contributed by atoms with van der Waals surface area (Å²) in [6.07, 6.45) is -4.00. The van der Waals surface area contributed by atoms with E-state index in [4.69, 9.17) is 0 Å². The van der Waals surface area contributed by atoms with E-state index in [1.807, 2.05) is 0 Å². The van der Waals surface area contributed by atoms with E-state index in [0.29, 0.717) is 18.5 Å². The average Bonchev–Trinajstić information content (AvgIpc) is 2.16. The maximum absolute atomic E-state index is 12.3. The zero-order valence-corrected chi connectivity index (χ0v) is 9.80. The SMILES string of the molecule is CNCC(C)(O)Cc1ccc(C(F)(F)F)cc1. The van der Waals surface area contributed by atoms with Crippen LogP contribution in [0.1, 0.15) is 18.1 Å². The molecule has 5 heteroatoms. The molecule has 0 radical (unpaired) electrons. The van der Waals surface area contributed by atoms with E-state index in [0.717, 1.165) is 12.1 Å². The Kier molecular flexibility index (Phi) is 4.16. The molecule has 0 aliphatic heterocycles. The van der Waals surface area contributed by atoms with E-state index in [1.54, 1.807) is 14.0 Å². The van der Waals surface area contributed by atoms with Crippen molar-refractivity contribution in [2.24, 2.45) is 0 Å². The van der Waals surface area contributed by atoms with Gasteiger partial charge in [0.2, 0.25) is 0 Å². The molecular formula is C12H16F3NO. The van der Waals surface area contributed by atoms with Crippen LogP contribution in [-0.2, 0) is 12.6 Å². The van der Waals surface area contributed by atoms with Crippen LogP contribution in [0.15, 0.2) is 24.3 Å². The molecule has 2 N–H and O–H groups in total. The molecule has 2 nitrogen and oxygen atoms in total. The van der Waals surface area contributed by atoms with E-state index < -0.39 is 17.3 Å². The molecule has 0 amide bonds. The highest BCUT2D eigenvalue weighted by Gasteiger charge is 2.30. The number of hydrogen-bond donors (Lipinski definition) is 2. The maximum Gasteiger partial charge on any atom is 0.416 e. The van der Waals surface area contributed by atoms with Gasteiger partial charge < -0.3 is 10.4 Å². The Balaban J connectivity index is 2.75. The summed E-state index contributed by atoms with van der Waals surface area (Å²) in [6, 6.07) is 4.86. The molecular weight excluding hydrogens is 231 g/mol. The number of alkyl halides is 3. The third kappa shape index (κ3) is 4.36. The third-order valence-corrected chi connectivity index (χ3v) is 2.42. The number of likely N-dealkylation sites (N-methyl/N-ethyl adjacent to an activating group) is 1. The van der Waals surface area contributed by atoms with Gasteiger partial charge in [0.1, 0.15) is 0 Å². The van der Waals surface area contributed by atoms with E-state index in [2.05, 4.69) is 5.32 Å². The maximum atomic E-state index is 12.3. The summed E-state index contributed by atoms with van der Waals surface area (Å²) in [5.74, 6) is 0. The van der Waals surface area contributed by atoms with Gasteiger partial charge in [0.25, 0.3) is 0 Å². The summed E-state index contributed by atoms with van der Waals surface area (Å²) >= 11 is 0. The molecule has 0 fully saturated rings. The van der Waals surface area contributed by atoms with Gasteiger partial charge >= 0.3 is 6.18 Å². The monoisotopic (exact) mass is 247 g/mol. The number of hydrogen-bond acceptors (Lipinski definition) is 2. The Morgan fingerprint density at radius 3 is 2.12 bits per heavy atom. The number of benzene rings is 1. The van der Waals surface area contributed by atoms with E-state index in [1.165, 1.54) is 12.1 Å². The topological polar surface area (TPSA) is 32.3 Å². The number of rotatable bonds is 4. The van der Waals surface area contributed by atoms with E-state index >= 15 is 0 Å². The number of aliphatic hydroxyl groups is 1. The highest BCUT2D eigenvalue weighted by molar-refractivity contribution is 5.25. The standard InChI is InChI=1S/C12H16F3NO/c1-11(17,8-16-2)7-9-3-5-10(6-4-9)12(13,14)15/h3-6,16-17H,7-8H2,1-2H3. The Morgan fingerprint density at radius 1 is 1.18 bits per heavy atom. The summed E-state index contributed by atoms with van der Waals surface area (Å²) < 4.78 is 37.0. The molecule has 0 bridgehead atoms. The van der Waals surface area contributed by atoms with Crippen molar-refractivity contribution in [3.8, 4) is 0 Å². The average molecular weight is 247 g/mol. The van der Waals surface area contributed by atoms with Crippen molar-refractivity contribution in [2.45, 2.75) is 25.1 Å². The van der Waals surface area contributed by atoms with Gasteiger partial charge in [0.05, 0.1) is 11.2 Å². The quantitative estimate of drug-likeness (QED) is 0.855. The molecule has 0 saturated carbocycles. The van der Waals surface area contributed by atoms with Gasteiger partial charge in [-0.15, -0.1) is 0 Å². The zero-order valence-electron chi connectivity index (χ0n) is 9.80. The molecule has 1 rings (SSSR count). The van der Waals surface area contributed by atoms with Crippen molar-refractivity contribution in [2.75, 3.05) is 13.6 Å². The normalized spacial score (nSPS) is 15.6. The van der Waals surface area contributed by atoms with Crippen molar-refractivity contribution in [1.29, 1.82) is 0 Å². The van der Waals surface area contributed by atoms with Crippen LogP contribution in [0.2, 0.25) is 0 Å². The van der Waals surface area contributed by atoms with Crippen LogP contribution in [0.25, 0.3) is 0 Å². The van der Waals surface area contributed by atoms with Crippen molar-refractivity contribution in [3.63, 3.8) is 0 Å². The summed E-state index contributed by atoms with van der Waals surface area (Å²) in [4.78, 5) is 0. The lowest BCUT2D eigenvalue weighted by molar-refractivity contribution is -0.137. The predicted octanol–water partition coefficient (Wildman–Crippen LogP) is 2.22. The molecule has 1 unspecified atom stereocenters. The van der Waals surface area contributed by atoms with Crippen LogP contribution in [0, 0.1) is 0 Å². The molecule has 0 saturated heterocycles. The van der Waals surface area contributed by atoms with Gasteiger partial charge in [-0.1, -0.05) is 12.1 Å². The van der Waals surface area contributed by atoms with Crippen molar-refractivity contribution in [1.82, 2.24) is 5.32 Å². The molecule has 0 spiro atoms. The lowest BCUT2D eigenvalue weighted by Gasteiger charge is -2.23. The first-order chi connectivity index (χ1) is 7.74. The summed E-state index contributed by atoms with van der Waals surface area (Å²) in [7, 11) is 1.71. The molecule has 0 aromatic heterocycles. The number of nitrogens with one attached hydrogen (secondary N) is 1. The lowest BCUT2D eigenvalue weighted by Crippen LogP contribution is -2.38. The molecule has 1 atom stereocenters. The number of halogens is 3. The first-order valence-corrected chi connectivity index (χ1v) is 5.28. The first-order valence-electron chi connectivity index (χ1n) is 5.28. The Morgan fingerprint density at radius 2 is 1.71 bits per heavy atom. The Hall–Kier alpha value is -1.07. The minimum absolute atomic E-state index is 0.311. The van der Waals surface area contributed by atoms with Crippen LogP contribution in [0.3, 0.4) is 0 Å². The summed E-state index contributed by atoms with van der Waals surface area (Å²) in [5.41, 5.74) is -0.957. The van der Waals surface area contributed by atoms with Gasteiger partial charge in [-0.05, 0) is 31.7 Å². The van der Waals surface area contributed by atoms with Crippen molar-refractivity contribution in [3.05, 3.63) is 35.4 Å². The Bertz CT molecular complexity index is 357. The van der Waals surface area contributed by atoms with Gasteiger partial charge in [-0.2, -0.15) is 13.2 Å².